The number of nitro benzene ring substituents is 1. The van der Waals surface area contributed by atoms with E-state index in [1.807, 2.05) is 0 Å². The Hall–Kier alpha value is -4.32. The summed E-state index contributed by atoms with van der Waals surface area (Å²) in [7, 11) is 0.392. The van der Waals surface area contributed by atoms with E-state index in [4.69, 9.17) is 14.2 Å². The van der Waals surface area contributed by atoms with E-state index >= 15 is 0 Å². The maximum Gasteiger partial charge on any atom is 0.295 e. The first kappa shape index (κ1) is 24.3. The second kappa shape index (κ2) is 10.5. The molecule has 0 fully saturated rings. The molecule has 3 aromatic carbocycles. The van der Waals surface area contributed by atoms with Crippen molar-refractivity contribution in [2.45, 2.75) is 4.90 Å². The molecule has 0 aliphatic carbocycles. The first-order valence-electron chi connectivity index (χ1n) is 9.74. The van der Waals surface area contributed by atoms with E-state index in [2.05, 4.69) is 15.2 Å². The van der Waals surface area contributed by atoms with Crippen molar-refractivity contribution in [3.05, 3.63) is 76.3 Å². The van der Waals surface area contributed by atoms with Crippen molar-refractivity contribution >= 4 is 33.3 Å². The van der Waals surface area contributed by atoms with Crippen LogP contribution in [0.1, 0.15) is 5.56 Å². The first-order valence-corrected chi connectivity index (χ1v) is 11.2. The standard InChI is InChI=1S/C22H22N4O7S/c1-31-17-9-7-16(8-10-17)25-34(29,30)18-11-12-19(20(13-18)26(27)28)24-23-14-15-5-4-6-21(32-2)22(15)33-3/h4-14,24-25H,1-3H3/b23-14-. The molecule has 3 rings (SSSR count). The van der Waals surface area contributed by atoms with E-state index < -0.39 is 20.6 Å². The summed E-state index contributed by atoms with van der Waals surface area (Å²) in [6.45, 7) is 0. The van der Waals surface area contributed by atoms with Crippen LogP contribution >= 0.6 is 0 Å². The number of benzene rings is 3. The van der Waals surface area contributed by atoms with Crippen LogP contribution in [0.5, 0.6) is 17.2 Å². The third kappa shape index (κ3) is 5.53. The fraction of sp³-hybridized carbons (Fsp3) is 0.136. The van der Waals surface area contributed by atoms with Crippen molar-refractivity contribution in [2.24, 2.45) is 5.10 Å². The summed E-state index contributed by atoms with van der Waals surface area (Å²) in [6, 6.07) is 14.8. The average Bonchev–Trinajstić information content (AvgIpc) is 2.84. The van der Waals surface area contributed by atoms with E-state index in [0.717, 1.165) is 6.07 Å². The molecule has 0 aliphatic rings. The third-order valence-electron chi connectivity index (χ3n) is 4.64. The van der Waals surface area contributed by atoms with Crippen molar-refractivity contribution < 1.29 is 27.6 Å². The molecular formula is C22H22N4O7S. The smallest absolute Gasteiger partial charge is 0.295 e. The van der Waals surface area contributed by atoms with E-state index in [1.54, 1.807) is 30.3 Å². The topological polar surface area (TPSA) is 141 Å². The summed E-state index contributed by atoms with van der Waals surface area (Å²) in [4.78, 5) is 10.6. The molecule has 2 N–H and O–H groups in total. The van der Waals surface area contributed by atoms with Gasteiger partial charge in [-0.05, 0) is 48.5 Å². The van der Waals surface area contributed by atoms with Crippen molar-refractivity contribution in [1.29, 1.82) is 0 Å². The lowest BCUT2D eigenvalue weighted by atomic mass is 10.2. The van der Waals surface area contributed by atoms with Crippen LogP contribution in [0.15, 0.2) is 70.7 Å². The Labute approximate surface area is 196 Å². The predicted molar refractivity (Wildman–Crippen MR) is 128 cm³/mol. The maximum absolute atomic E-state index is 12.7. The van der Waals surface area contributed by atoms with Gasteiger partial charge in [0.25, 0.3) is 15.7 Å². The van der Waals surface area contributed by atoms with E-state index in [-0.39, 0.29) is 16.3 Å². The summed E-state index contributed by atoms with van der Waals surface area (Å²) in [5, 5.41) is 15.6. The van der Waals surface area contributed by atoms with Crippen molar-refractivity contribution in [3.63, 3.8) is 0 Å². The number of anilines is 2. The minimum Gasteiger partial charge on any atom is -0.497 e. The minimum atomic E-state index is -4.08. The fourth-order valence-corrected chi connectivity index (χ4v) is 4.06. The Balaban J connectivity index is 1.84. The zero-order chi connectivity index (χ0) is 24.7. The number of hydrogen-bond donors (Lipinski definition) is 2. The average molecular weight is 487 g/mol. The van der Waals surface area contributed by atoms with Gasteiger partial charge >= 0.3 is 0 Å². The normalized spacial score (nSPS) is 11.1. The van der Waals surface area contributed by atoms with Gasteiger partial charge in [0, 0.05) is 17.3 Å². The summed E-state index contributed by atoms with van der Waals surface area (Å²) in [5.74, 6) is 1.49. The molecule has 0 radical (unpaired) electrons. The Kier molecular flexibility index (Phi) is 7.53. The van der Waals surface area contributed by atoms with Crippen molar-refractivity contribution in [3.8, 4) is 17.2 Å². The maximum atomic E-state index is 12.7. The van der Waals surface area contributed by atoms with Gasteiger partial charge < -0.3 is 14.2 Å². The highest BCUT2D eigenvalue weighted by atomic mass is 32.2. The molecule has 34 heavy (non-hydrogen) atoms. The Bertz CT molecular complexity index is 1310. The van der Waals surface area contributed by atoms with Crippen LogP contribution in [0.25, 0.3) is 0 Å². The molecule has 0 heterocycles. The summed E-state index contributed by atoms with van der Waals surface area (Å²) >= 11 is 0. The van der Waals surface area contributed by atoms with Gasteiger partial charge in [0.1, 0.15) is 11.4 Å². The first-order chi connectivity index (χ1) is 16.3. The molecule has 0 saturated heterocycles. The molecule has 12 heteroatoms. The van der Waals surface area contributed by atoms with Gasteiger partial charge in [0.2, 0.25) is 0 Å². The Morgan fingerprint density at radius 1 is 0.971 bits per heavy atom. The summed E-state index contributed by atoms with van der Waals surface area (Å²) < 4.78 is 43.4. The molecule has 0 atom stereocenters. The largest absolute Gasteiger partial charge is 0.497 e. The van der Waals surface area contributed by atoms with Gasteiger partial charge in [-0.3, -0.25) is 20.3 Å². The van der Waals surface area contributed by atoms with Crippen LogP contribution in [0.3, 0.4) is 0 Å². The van der Waals surface area contributed by atoms with Crippen LogP contribution in [-0.2, 0) is 10.0 Å². The van der Waals surface area contributed by atoms with Gasteiger partial charge in [-0.1, -0.05) is 6.07 Å². The lowest BCUT2D eigenvalue weighted by Crippen LogP contribution is -2.13. The van der Waals surface area contributed by atoms with Crippen LogP contribution in [0.2, 0.25) is 0 Å². The van der Waals surface area contributed by atoms with Crippen LogP contribution < -0.4 is 24.4 Å². The highest BCUT2D eigenvalue weighted by Gasteiger charge is 2.21. The molecule has 0 aromatic heterocycles. The second-order valence-corrected chi connectivity index (χ2v) is 8.41. The Morgan fingerprint density at radius 3 is 2.32 bits per heavy atom. The SMILES string of the molecule is COc1ccc(NS(=O)(=O)c2ccc(N/N=C\c3cccc(OC)c3OC)c([N+](=O)[O-])c2)cc1. The highest BCUT2D eigenvalue weighted by Crippen LogP contribution is 2.31. The number of methoxy groups -OCH3 is 3. The molecule has 0 aliphatic heterocycles. The minimum absolute atomic E-state index is 0.00603. The monoisotopic (exact) mass is 486 g/mol. The third-order valence-corrected chi connectivity index (χ3v) is 6.02. The molecular weight excluding hydrogens is 464 g/mol. The Morgan fingerprint density at radius 2 is 1.71 bits per heavy atom. The molecule has 0 bridgehead atoms. The molecule has 3 aromatic rings. The predicted octanol–water partition coefficient (Wildman–Crippen LogP) is 3.87. The number of ether oxygens (including phenoxy) is 3. The van der Waals surface area contributed by atoms with E-state index in [1.165, 1.54) is 51.8 Å². The van der Waals surface area contributed by atoms with Crippen molar-refractivity contribution in [2.75, 3.05) is 31.5 Å². The fourth-order valence-electron chi connectivity index (χ4n) is 2.98. The number of hydrazone groups is 1. The van der Waals surface area contributed by atoms with Gasteiger partial charge in [0.05, 0.1) is 37.4 Å². The molecule has 11 nitrogen and oxygen atoms in total. The molecule has 0 saturated carbocycles. The number of nitrogens with one attached hydrogen (secondary N) is 2. The van der Waals surface area contributed by atoms with Gasteiger partial charge in [0.15, 0.2) is 11.5 Å². The molecule has 0 unspecified atom stereocenters. The number of nitrogens with zero attached hydrogens (tertiary/aromatic N) is 2. The molecule has 0 amide bonds. The number of rotatable bonds is 10. The quantitative estimate of drug-likeness (QED) is 0.250. The number of para-hydroxylation sites is 1. The zero-order valence-corrected chi connectivity index (χ0v) is 19.3. The summed E-state index contributed by atoms with van der Waals surface area (Å²) in [6.07, 6.45) is 1.40. The van der Waals surface area contributed by atoms with E-state index in [0.29, 0.717) is 22.8 Å². The second-order valence-electron chi connectivity index (χ2n) is 6.72. The zero-order valence-electron chi connectivity index (χ0n) is 18.5. The lowest BCUT2D eigenvalue weighted by Gasteiger charge is -2.10. The van der Waals surface area contributed by atoms with E-state index in [9.17, 15) is 18.5 Å². The number of sulfonamides is 1. The van der Waals surface area contributed by atoms with Gasteiger partial charge in [-0.15, -0.1) is 0 Å². The van der Waals surface area contributed by atoms with Crippen LogP contribution in [-0.4, -0.2) is 40.9 Å². The number of nitro groups is 1. The number of hydrogen-bond acceptors (Lipinski definition) is 9. The van der Waals surface area contributed by atoms with Crippen LogP contribution in [0, 0.1) is 10.1 Å². The summed E-state index contributed by atoms with van der Waals surface area (Å²) in [5.41, 5.74) is 2.97. The van der Waals surface area contributed by atoms with Crippen molar-refractivity contribution in [1.82, 2.24) is 0 Å². The van der Waals surface area contributed by atoms with Gasteiger partial charge in [-0.2, -0.15) is 5.10 Å². The highest BCUT2D eigenvalue weighted by molar-refractivity contribution is 7.92. The molecule has 0 spiro atoms. The van der Waals surface area contributed by atoms with Gasteiger partial charge in [-0.25, -0.2) is 8.42 Å². The van der Waals surface area contributed by atoms with Crippen LogP contribution in [0.4, 0.5) is 17.1 Å². The lowest BCUT2D eigenvalue weighted by molar-refractivity contribution is -0.384. The molecule has 178 valence electrons.